The van der Waals surface area contributed by atoms with E-state index >= 15 is 0 Å². The topological polar surface area (TPSA) is 155 Å². The Bertz CT molecular complexity index is 1590. The molecule has 1 aromatic heterocycles. The van der Waals surface area contributed by atoms with Gasteiger partial charge in [0.15, 0.2) is 0 Å². The summed E-state index contributed by atoms with van der Waals surface area (Å²) < 4.78 is 1.99. The molecular weight excluding hydrogens is 634 g/mol. The van der Waals surface area contributed by atoms with Crippen LogP contribution in [0.3, 0.4) is 0 Å². The summed E-state index contributed by atoms with van der Waals surface area (Å²) in [5.41, 5.74) is 2.07. The molecule has 0 aliphatic carbocycles. The molecule has 3 heterocycles. The van der Waals surface area contributed by atoms with E-state index in [0.717, 1.165) is 23.4 Å². The van der Waals surface area contributed by atoms with Gasteiger partial charge in [-0.15, -0.1) is 0 Å². The average Bonchev–Trinajstić information content (AvgIpc) is 3.57. The molecule has 2 bridgehead atoms. The first-order valence-corrected chi connectivity index (χ1v) is 17.6. The van der Waals surface area contributed by atoms with Crippen molar-refractivity contribution in [1.82, 2.24) is 35.7 Å². The number of nitrogens with zero attached hydrogens (tertiary/aromatic N) is 3. The Morgan fingerprint density at radius 1 is 0.900 bits per heavy atom. The van der Waals surface area contributed by atoms with Crippen LogP contribution >= 0.6 is 0 Å². The number of aryl methyl sites for hydroxylation is 2. The molecule has 0 unspecified atom stereocenters. The van der Waals surface area contributed by atoms with Crippen LogP contribution in [0.2, 0.25) is 0 Å². The second kappa shape index (κ2) is 18.7. The van der Waals surface area contributed by atoms with E-state index in [-0.39, 0.29) is 24.2 Å². The van der Waals surface area contributed by atoms with Crippen LogP contribution in [0.5, 0.6) is 0 Å². The van der Waals surface area contributed by atoms with Crippen LogP contribution in [0.1, 0.15) is 80.7 Å². The highest BCUT2D eigenvalue weighted by Gasteiger charge is 2.29. The number of amides is 5. The zero-order valence-electron chi connectivity index (χ0n) is 29.6. The zero-order chi connectivity index (χ0) is 36.0. The van der Waals surface area contributed by atoms with Crippen LogP contribution in [0.25, 0.3) is 0 Å². The predicted octanol–water partition coefficient (Wildman–Crippen LogP) is 3.15. The van der Waals surface area contributed by atoms with Crippen molar-refractivity contribution in [1.29, 1.82) is 0 Å². The van der Waals surface area contributed by atoms with Crippen LogP contribution in [0, 0.1) is 5.92 Å². The fraction of sp³-hybridized carbons (Fsp3) is 0.474. The summed E-state index contributed by atoms with van der Waals surface area (Å²) in [5, 5.41) is 11.4. The Labute approximate surface area is 294 Å². The van der Waals surface area contributed by atoms with E-state index in [9.17, 15) is 24.0 Å². The van der Waals surface area contributed by atoms with Gasteiger partial charge in [-0.2, -0.15) is 0 Å². The molecule has 0 saturated heterocycles. The summed E-state index contributed by atoms with van der Waals surface area (Å²) >= 11 is 0. The number of imidazole rings is 1. The van der Waals surface area contributed by atoms with Crippen LogP contribution in [0.4, 0.5) is 0 Å². The fourth-order valence-corrected chi connectivity index (χ4v) is 5.95. The summed E-state index contributed by atoms with van der Waals surface area (Å²) in [6.45, 7) is 9.26. The van der Waals surface area contributed by atoms with E-state index in [2.05, 4.69) is 26.3 Å². The van der Waals surface area contributed by atoms with Crippen LogP contribution in [-0.2, 0) is 45.1 Å². The second-order valence-corrected chi connectivity index (χ2v) is 13.3. The minimum Gasteiger partial charge on any atom is -0.354 e. The normalized spacial score (nSPS) is 20.0. The van der Waals surface area contributed by atoms with Crippen molar-refractivity contribution >= 4 is 29.5 Å². The Hall–Kier alpha value is -5.00. The van der Waals surface area contributed by atoms with Gasteiger partial charge in [0.2, 0.25) is 23.6 Å². The lowest BCUT2D eigenvalue weighted by molar-refractivity contribution is -0.132. The largest absolute Gasteiger partial charge is 0.354 e. The lowest BCUT2D eigenvalue weighted by atomic mass is 10.0. The van der Waals surface area contributed by atoms with Gasteiger partial charge in [0.25, 0.3) is 5.91 Å². The van der Waals surface area contributed by atoms with Gasteiger partial charge in [0.1, 0.15) is 23.9 Å². The maximum Gasteiger partial charge on any atom is 0.251 e. The fourth-order valence-electron chi connectivity index (χ4n) is 5.95. The molecule has 0 radical (unpaired) electrons. The van der Waals surface area contributed by atoms with Gasteiger partial charge in [0.05, 0.1) is 0 Å². The lowest BCUT2D eigenvalue weighted by Gasteiger charge is -2.25. The van der Waals surface area contributed by atoms with Gasteiger partial charge in [0, 0.05) is 63.4 Å². The number of benzene rings is 2. The molecular formula is C38H51N7O5. The van der Waals surface area contributed by atoms with Crippen LogP contribution in [0.15, 0.2) is 67.0 Å². The molecule has 5 amide bonds. The highest BCUT2D eigenvalue weighted by atomic mass is 16.2. The quantitative estimate of drug-likeness (QED) is 0.267. The van der Waals surface area contributed by atoms with Gasteiger partial charge in [-0.1, -0.05) is 63.2 Å². The number of fused-ring (bicyclic) bond motifs is 18. The monoisotopic (exact) mass is 685 g/mol. The molecule has 50 heavy (non-hydrogen) atoms. The number of hydrogen-bond donors (Lipinski definition) is 4. The summed E-state index contributed by atoms with van der Waals surface area (Å²) in [5.74, 6) is -0.769. The highest BCUT2D eigenvalue weighted by Crippen LogP contribution is 2.14. The summed E-state index contributed by atoms with van der Waals surface area (Å²) in [6.07, 6.45) is 6.54. The third-order valence-corrected chi connectivity index (χ3v) is 8.78. The lowest BCUT2D eigenvalue weighted by Crippen LogP contribution is -2.57. The summed E-state index contributed by atoms with van der Waals surface area (Å²) in [7, 11) is 0. The van der Waals surface area contributed by atoms with Crippen molar-refractivity contribution in [3.63, 3.8) is 0 Å². The number of aromatic nitrogens is 2. The van der Waals surface area contributed by atoms with E-state index in [1.54, 1.807) is 30.2 Å². The predicted molar refractivity (Wildman–Crippen MR) is 191 cm³/mol. The molecule has 2 aliphatic rings. The molecule has 0 fully saturated rings. The Kier molecular flexibility index (Phi) is 14.1. The average molecular weight is 686 g/mol. The van der Waals surface area contributed by atoms with Crippen molar-refractivity contribution in [2.75, 3.05) is 13.1 Å². The van der Waals surface area contributed by atoms with Crippen molar-refractivity contribution < 1.29 is 24.0 Å². The molecule has 3 aromatic rings. The first-order valence-electron chi connectivity index (χ1n) is 17.6. The third kappa shape index (κ3) is 11.3. The Morgan fingerprint density at radius 2 is 1.62 bits per heavy atom. The molecule has 2 aromatic carbocycles. The first kappa shape index (κ1) is 37.8. The standard InChI is InChI=1S/C38H51N7O5/c1-5-33-39-19-22-44(33)21-17-34(46)45-20-10-9-18-40-35(47)27(4)41-37(49)31(23-26(2)3)43-38(50)32(24-28-11-7-6-8-12-28)42-36(48)30-15-13-29(25-45)14-16-30/h6-8,11-16,19,22,26-27,31-32H,5,9-10,17-18,20-21,23-25H2,1-4H3,(H,40,47)(H,41,49)(H,42,48)(H,43,50)/t27-,31+,32-/m1/s1. The molecule has 0 saturated carbocycles. The maximum absolute atomic E-state index is 13.8. The van der Waals surface area contributed by atoms with Gasteiger partial charge < -0.3 is 30.7 Å². The van der Waals surface area contributed by atoms with Crippen LogP contribution in [-0.4, -0.2) is 75.2 Å². The number of rotatable bonds is 8. The van der Waals surface area contributed by atoms with Gasteiger partial charge in [-0.05, 0) is 55.4 Å². The number of nitrogens with one attached hydrogen (secondary N) is 4. The third-order valence-electron chi connectivity index (χ3n) is 8.78. The van der Waals surface area contributed by atoms with Crippen molar-refractivity contribution in [2.24, 2.45) is 5.92 Å². The molecule has 12 heteroatoms. The molecule has 2 aliphatic heterocycles. The molecule has 268 valence electrons. The van der Waals surface area contributed by atoms with Gasteiger partial charge in [-0.25, -0.2) is 4.98 Å². The first-order chi connectivity index (χ1) is 24.0. The minimum absolute atomic E-state index is 0.00736. The summed E-state index contributed by atoms with van der Waals surface area (Å²) in [6, 6.07) is 13.6. The van der Waals surface area contributed by atoms with E-state index in [1.807, 2.05) is 74.0 Å². The molecule has 0 spiro atoms. The van der Waals surface area contributed by atoms with E-state index in [0.29, 0.717) is 57.4 Å². The molecule has 4 N–H and O–H groups in total. The SMILES string of the molecule is CCc1nccn1CCC(=O)N1CCCCNC(=O)[C@@H](C)NC(=O)[C@H](CC(C)C)NC(=O)[C@@H](Cc2ccccc2)NC(=O)c2ccc(cc2)C1. The Morgan fingerprint density at radius 3 is 2.32 bits per heavy atom. The Balaban J connectivity index is 1.57. The van der Waals surface area contributed by atoms with E-state index < -0.39 is 35.8 Å². The number of hydrogen-bond acceptors (Lipinski definition) is 6. The molecule has 3 atom stereocenters. The van der Waals surface area contributed by atoms with Gasteiger partial charge >= 0.3 is 0 Å². The van der Waals surface area contributed by atoms with Crippen molar-refractivity contribution in [3.05, 3.63) is 89.5 Å². The van der Waals surface area contributed by atoms with E-state index in [4.69, 9.17) is 0 Å². The zero-order valence-corrected chi connectivity index (χ0v) is 29.6. The maximum atomic E-state index is 13.8. The van der Waals surface area contributed by atoms with E-state index in [1.165, 1.54) is 0 Å². The highest BCUT2D eigenvalue weighted by molar-refractivity contribution is 5.99. The van der Waals surface area contributed by atoms with Crippen molar-refractivity contribution in [2.45, 2.75) is 97.4 Å². The molecule has 5 rings (SSSR count). The van der Waals surface area contributed by atoms with Crippen molar-refractivity contribution in [3.8, 4) is 0 Å². The second-order valence-electron chi connectivity index (χ2n) is 13.3. The number of carbonyl (C=O) groups excluding carboxylic acids is 5. The molecule has 12 nitrogen and oxygen atoms in total. The van der Waals surface area contributed by atoms with Gasteiger partial charge in [-0.3, -0.25) is 24.0 Å². The summed E-state index contributed by atoms with van der Waals surface area (Å²) in [4.78, 5) is 73.2. The number of carbonyl (C=O) groups is 5. The van der Waals surface area contributed by atoms with Crippen LogP contribution < -0.4 is 21.3 Å². The smallest absolute Gasteiger partial charge is 0.251 e. The minimum atomic E-state index is -0.973.